The Labute approximate surface area is 135 Å². The fourth-order valence-corrected chi connectivity index (χ4v) is 2.51. The van der Waals surface area contributed by atoms with E-state index in [0.717, 1.165) is 18.7 Å². The third-order valence-electron chi connectivity index (χ3n) is 3.47. The highest BCUT2D eigenvalue weighted by atomic mass is 16.5. The van der Waals surface area contributed by atoms with Crippen LogP contribution in [0.3, 0.4) is 0 Å². The molecule has 23 heavy (non-hydrogen) atoms. The molecule has 1 amide bonds. The van der Waals surface area contributed by atoms with Gasteiger partial charge in [0, 0.05) is 25.4 Å². The second kappa shape index (κ2) is 7.13. The number of ether oxygens (including phenoxy) is 1. The average molecular weight is 318 g/mol. The quantitative estimate of drug-likeness (QED) is 0.800. The van der Waals surface area contributed by atoms with Crippen LogP contribution < -0.4 is 10.6 Å². The number of fused-ring (bicyclic) bond motifs is 1. The third kappa shape index (κ3) is 3.28. The first-order valence-corrected chi connectivity index (χ1v) is 7.65. The Morgan fingerprint density at radius 3 is 2.65 bits per heavy atom. The van der Waals surface area contributed by atoms with Crippen molar-refractivity contribution in [1.29, 1.82) is 0 Å². The molecule has 2 N–H and O–H groups in total. The minimum Gasteiger partial charge on any atom is -0.464 e. The summed E-state index contributed by atoms with van der Waals surface area (Å²) >= 11 is 0. The molecule has 2 heterocycles. The van der Waals surface area contributed by atoms with E-state index >= 15 is 0 Å². The topological polar surface area (TPSA) is 85.2 Å². The number of nitrogens with zero attached hydrogens (tertiary/aromatic N) is 2. The molecule has 7 heteroatoms. The fourth-order valence-electron chi connectivity index (χ4n) is 2.51. The zero-order chi connectivity index (χ0) is 17.0. The molecule has 0 spiro atoms. The molecule has 2 aromatic rings. The second-order valence-corrected chi connectivity index (χ2v) is 5.16. The van der Waals surface area contributed by atoms with Crippen LogP contribution in [0.15, 0.2) is 12.3 Å². The molecular formula is C16H22N4O3. The number of methoxy groups -OCH3 is 1. The molecule has 0 unspecified atom stereocenters. The van der Waals surface area contributed by atoms with Gasteiger partial charge in [0.1, 0.15) is 5.65 Å². The van der Waals surface area contributed by atoms with Crippen LogP contribution in [0, 0.1) is 0 Å². The predicted molar refractivity (Wildman–Crippen MR) is 89.8 cm³/mol. The van der Waals surface area contributed by atoms with Crippen molar-refractivity contribution in [1.82, 2.24) is 9.55 Å². The Balaban J connectivity index is 2.69. The molecule has 0 bridgehead atoms. The summed E-state index contributed by atoms with van der Waals surface area (Å²) < 4.78 is 6.62. The van der Waals surface area contributed by atoms with Gasteiger partial charge in [0.05, 0.1) is 24.7 Å². The van der Waals surface area contributed by atoms with E-state index in [1.54, 1.807) is 10.8 Å². The molecule has 0 saturated heterocycles. The number of aromatic nitrogens is 2. The molecular weight excluding hydrogens is 296 g/mol. The molecule has 2 aromatic heterocycles. The summed E-state index contributed by atoms with van der Waals surface area (Å²) in [5.41, 5.74) is 2.23. The van der Waals surface area contributed by atoms with Crippen molar-refractivity contribution in [3.63, 3.8) is 0 Å². The first-order valence-electron chi connectivity index (χ1n) is 7.65. The van der Waals surface area contributed by atoms with Crippen molar-refractivity contribution in [2.45, 2.75) is 33.7 Å². The second-order valence-electron chi connectivity index (χ2n) is 5.16. The van der Waals surface area contributed by atoms with Crippen LogP contribution in [0.1, 0.15) is 37.7 Å². The third-order valence-corrected chi connectivity index (χ3v) is 3.47. The van der Waals surface area contributed by atoms with Crippen LogP contribution in [0.4, 0.5) is 11.4 Å². The van der Waals surface area contributed by atoms with Crippen LogP contribution in [0.25, 0.3) is 11.0 Å². The van der Waals surface area contributed by atoms with E-state index in [1.165, 1.54) is 14.0 Å². The minimum absolute atomic E-state index is 0.253. The summed E-state index contributed by atoms with van der Waals surface area (Å²) in [6, 6.07) is 1.89. The van der Waals surface area contributed by atoms with Crippen LogP contribution >= 0.6 is 0 Å². The fraction of sp³-hybridized carbons (Fsp3) is 0.438. The first-order chi connectivity index (χ1) is 11.0. The number of hydrogen-bond donors (Lipinski definition) is 2. The van der Waals surface area contributed by atoms with Gasteiger partial charge in [-0.2, -0.15) is 0 Å². The van der Waals surface area contributed by atoms with Crippen molar-refractivity contribution in [3.8, 4) is 0 Å². The summed E-state index contributed by atoms with van der Waals surface area (Å²) in [4.78, 5) is 28.2. The number of rotatable bonds is 6. The lowest BCUT2D eigenvalue weighted by molar-refractivity contribution is -0.114. The van der Waals surface area contributed by atoms with Gasteiger partial charge in [0.25, 0.3) is 0 Å². The van der Waals surface area contributed by atoms with Crippen LogP contribution in [0.5, 0.6) is 0 Å². The first kappa shape index (κ1) is 16.8. The zero-order valence-corrected chi connectivity index (χ0v) is 13.9. The highest BCUT2D eigenvalue weighted by molar-refractivity contribution is 6.10. The van der Waals surface area contributed by atoms with E-state index in [0.29, 0.717) is 29.0 Å². The van der Waals surface area contributed by atoms with Crippen molar-refractivity contribution >= 4 is 34.3 Å². The van der Waals surface area contributed by atoms with Crippen molar-refractivity contribution < 1.29 is 14.3 Å². The van der Waals surface area contributed by atoms with Crippen LogP contribution in [-0.4, -0.2) is 35.1 Å². The number of nitrogens with one attached hydrogen (secondary N) is 2. The van der Waals surface area contributed by atoms with E-state index in [9.17, 15) is 9.59 Å². The van der Waals surface area contributed by atoms with Crippen LogP contribution in [0.2, 0.25) is 0 Å². The van der Waals surface area contributed by atoms with E-state index in [4.69, 9.17) is 4.74 Å². The van der Waals surface area contributed by atoms with Gasteiger partial charge in [-0.05, 0) is 19.4 Å². The van der Waals surface area contributed by atoms with Gasteiger partial charge in [-0.3, -0.25) is 4.79 Å². The van der Waals surface area contributed by atoms with Gasteiger partial charge >= 0.3 is 5.97 Å². The number of amides is 1. The number of aryl methyl sites for hydroxylation is 1. The van der Waals surface area contributed by atoms with Gasteiger partial charge in [-0.15, -0.1) is 0 Å². The smallest absolute Gasteiger partial charge is 0.356 e. The zero-order valence-electron chi connectivity index (χ0n) is 13.9. The molecule has 0 aromatic carbocycles. The molecule has 0 radical (unpaired) electrons. The molecule has 0 aliphatic heterocycles. The maximum atomic E-state index is 12.2. The standard InChI is InChI=1S/C16H22N4O3/c1-5-7-17-11-8-12-13(19-10(3)21)14(16(22)23-4)20(6-2)15(12)18-9-11/h8-9,17H,5-7H2,1-4H3,(H,19,21). The van der Waals surface area contributed by atoms with Crippen LogP contribution in [-0.2, 0) is 16.1 Å². The summed E-state index contributed by atoms with van der Waals surface area (Å²) in [6.07, 6.45) is 2.71. The lowest BCUT2D eigenvalue weighted by atomic mass is 10.2. The number of carbonyl (C=O) groups excluding carboxylic acids is 2. The summed E-state index contributed by atoms with van der Waals surface area (Å²) in [6.45, 7) is 6.75. The van der Waals surface area contributed by atoms with E-state index in [2.05, 4.69) is 22.5 Å². The number of hydrogen-bond acceptors (Lipinski definition) is 5. The number of carbonyl (C=O) groups is 2. The van der Waals surface area contributed by atoms with Crippen molar-refractivity contribution in [3.05, 3.63) is 18.0 Å². The molecule has 0 atom stereocenters. The van der Waals surface area contributed by atoms with Gasteiger partial charge in [0.2, 0.25) is 5.91 Å². The summed E-state index contributed by atoms with van der Waals surface area (Å²) in [5, 5.41) is 6.71. The van der Waals surface area contributed by atoms with E-state index < -0.39 is 5.97 Å². The number of pyridine rings is 1. The van der Waals surface area contributed by atoms with E-state index in [1.807, 2.05) is 13.0 Å². The Kier molecular flexibility index (Phi) is 5.20. The minimum atomic E-state index is -0.503. The summed E-state index contributed by atoms with van der Waals surface area (Å²) in [7, 11) is 1.32. The van der Waals surface area contributed by atoms with Crippen molar-refractivity contribution in [2.24, 2.45) is 0 Å². The number of anilines is 2. The van der Waals surface area contributed by atoms with Crippen molar-refractivity contribution in [2.75, 3.05) is 24.3 Å². The molecule has 0 saturated carbocycles. The number of esters is 1. The Hall–Kier alpha value is -2.57. The molecule has 0 aliphatic carbocycles. The van der Waals surface area contributed by atoms with Gasteiger partial charge < -0.3 is 19.9 Å². The maximum Gasteiger partial charge on any atom is 0.356 e. The Morgan fingerprint density at radius 2 is 2.09 bits per heavy atom. The molecule has 124 valence electrons. The molecule has 0 fully saturated rings. The Bertz CT molecular complexity index is 736. The lowest BCUT2D eigenvalue weighted by Gasteiger charge is -2.07. The predicted octanol–water partition coefficient (Wildman–Crippen LogP) is 2.62. The lowest BCUT2D eigenvalue weighted by Crippen LogP contribution is -2.14. The van der Waals surface area contributed by atoms with Gasteiger partial charge in [0.15, 0.2) is 5.69 Å². The Morgan fingerprint density at radius 1 is 1.35 bits per heavy atom. The molecule has 0 aliphatic rings. The molecule has 7 nitrogen and oxygen atoms in total. The monoisotopic (exact) mass is 318 g/mol. The molecule has 2 rings (SSSR count). The maximum absolute atomic E-state index is 12.2. The highest BCUT2D eigenvalue weighted by Gasteiger charge is 2.24. The van der Waals surface area contributed by atoms with Gasteiger partial charge in [-0.1, -0.05) is 6.92 Å². The van der Waals surface area contributed by atoms with E-state index in [-0.39, 0.29) is 5.91 Å². The SMILES string of the molecule is CCCNc1cnc2c(c1)c(NC(C)=O)c(C(=O)OC)n2CC. The normalized spacial score (nSPS) is 10.6. The summed E-state index contributed by atoms with van der Waals surface area (Å²) in [5.74, 6) is -0.756. The highest BCUT2D eigenvalue weighted by Crippen LogP contribution is 2.32. The largest absolute Gasteiger partial charge is 0.464 e. The average Bonchev–Trinajstić information content (AvgIpc) is 2.84. The van der Waals surface area contributed by atoms with Gasteiger partial charge in [-0.25, -0.2) is 9.78 Å².